The molecule has 0 saturated heterocycles. The maximum absolute atomic E-state index is 13.7. The molecule has 0 atom stereocenters. The van der Waals surface area contributed by atoms with Crippen molar-refractivity contribution in [2.75, 3.05) is 21.3 Å². The number of fused-ring (bicyclic) bond motifs is 1. The fourth-order valence-corrected chi connectivity index (χ4v) is 3.44. The number of Topliss-reactive ketones (excluding diaryl/α,β-unsaturated/α-hetero) is 1. The molecule has 172 valence electrons. The standard InChI is InChI=1S/C25H20N2O7/c1-31-21-13-16(14-22(32-2)24(21)33-3)23(28)18(12-15-8-10-17(11-9-15)27(29)30)25-26-19-6-4-5-7-20(19)34-25/h4-14H,1-3H3/b18-12+. The molecule has 1 aromatic heterocycles. The molecular weight excluding hydrogens is 440 g/mol. The number of carbonyl (C=O) groups is 1. The van der Waals surface area contributed by atoms with Crippen LogP contribution in [0.5, 0.6) is 17.2 Å². The summed E-state index contributed by atoms with van der Waals surface area (Å²) in [6.07, 6.45) is 1.57. The van der Waals surface area contributed by atoms with Gasteiger partial charge in [-0.2, -0.15) is 0 Å². The highest BCUT2D eigenvalue weighted by atomic mass is 16.6. The van der Waals surface area contributed by atoms with Crippen LogP contribution >= 0.6 is 0 Å². The van der Waals surface area contributed by atoms with Crippen molar-refractivity contribution in [2.45, 2.75) is 0 Å². The van der Waals surface area contributed by atoms with E-state index in [2.05, 4.69) is 4.98 Å². The molecule has 4 aromatic rings. The lowest BCUT2D eigenvalue weighted by Crippen LogP contribution is -2.05. The second-order valence-electron chi connectivity index (χ2n) is 7.14. The third-order valence-corrected chi connectivity index (χ3v) is 5.11. The molecule has 0 unspecified atom stereocenters. The van der Waals surface area contributed by atoms with Gasteiger partial charge >= 0.3 is 0 Å². The van der Waals surface area contributed by atoms with Crippen molar-refractivity contribution < 1.29 is 28.3 Å². The SMILES string of the molecule is COc1cc(C(=O)/C(=C\c2ccc([N+](=O)[O-])cc2)c2nc3ccccc3o2)cc(OC)c1OC. The van der Waals surface area contributed by atoms with E-state index in [1.807, 2.05) is 6.07 Å². The fourth-order valence-electron chi connectivity index (χ4n) is 3.44. The van der Waals surface area contributed by atoms with Gasteiger partial charge in [-0.15, -0.1) is 0 Å². The van der Waals surface area contributed by atoms with E-state index >= 15 is 0 Å². The number of ketones is 1. The number of nitro benzene ring substituents is 1. The number of nitrogens with zero attached hydrogens (tertiary/aromatic N) is 2. The molecule has 0 fully saturated rings. The first-order valence-electron chi connectivity index (χ1n) is 10.1. The topological polar surface area (TPSA) is 114 Å². The largest absolute Gasteiger partial charge is 0.493 e. The zero-order chi connectivity index (χ0) is 24.2. The van der Waals surface area contributed by atoms with Gasteiger partial charge in [-0.25, -0.2) is 4.98 Å². The lowest BCUT2D eigenvalue weighted by Gasteiger charge is -2.14. The second-order valence-corrected chi connectivity index (χ2v) is 7.14. The molecule has 0 aliphatic heterocycles. The van der Waals surface area contributed by atoms with E-state index in [4.69, 9.17) is 18.6 Å². The van der Waals surface area contributed by atoms with E-state index in [1.54, 1.807) is 36.4 Å². The number of aromatic nitrogens is 1. The Labute approximate surface area is 194 Å². The smallest absolute Gasteiger partial charge is 0.269 e. The van der Waals surface area contributed by atoms with Crippen molar-refractivity contribution >= 4 is 34.2 Å². The molecule has 0 amide bonds. The van der Waals surface area contributed by atoms with Gasteiger partial charge in [0.15, 0.2) is 22.9 Å². The first kappa shape index (κ1) is 22.5. The summed E-state index contributed by atoms with van der Waals surface area (Å²) >= 11 is 0. The highest BCUT2D eigenvalue weighted by molar-refractivity contribution is 6.31. The number of benzene rings is 3. The number of methoxy groups -OCH3 is 3. The van der Waals surface area contributed by atoms with Crippen LogP contribution in [0.15, 0.2) is 65.1 Å². The van der Waals surface area contributed by atoms with Crippen molar-refractivity contribution in [3.63, 3.8) is 0 Å². The maximum Gasteiger partial charge on any atom is 0.269 e. The van der Waals surface area contributed by atoms with E-state index in [0.29, 0.717) is 33.9 Å². The molecule has 3 aromatic carbocycles. The molecule has 0 radical (unpaired) electrons. The predicted octanol–water partition coefficient (Wildman–Crippen LogP) is 5.19. The monoisotopic (exact) mass is 460 g/mol. The number of nitro groups is 1. The normalized spacial score (nSPS) is 11.3. The highest BCUT2D eigenvalue weighted by Gasteiger charge is 2.24. The van der Waals surface area contributed by atoms with Crippen LogP contribution in [-0.2, 0) is 0 Å². The molecule has 0 bridgehead atoms. The molecular formula is C25H20N2O7. The lowest BCUT2D eigenvalue weighted by molar-refractivity contribution is -0.384. The number of para-hydroxylation sites is 2. The first-order valence-corrected chi connectivity index (χ1v) is 10.1. The Bertz CT molecular complexity index is 1350. The summed E-state index contributed by atoms with van der Waals surface area (Å²) in [6.45, 7) is 0. The minimum atomic E-state index is -0.490. The Hall–Kier alpha value is -4.66. The van der Waals surface area contributed by atoms with Gasteiger partial charge in [0.2, 0.25) is 11.6 Å². The summed E-state index contributed by atoms with van der Waals surface area (Å²) in [5.74, 6) is 0.682. The van der Waals surface area contributed by atoms with Crippen LogP contribution < -0.4 is 14.2 Å². The molecule has 0 spiro atoms. The first-order chi connectivity index (χ1) is 16.4. The number of non-ortho nitro benzene ring substituents is 1. The average Bonchev–Trinajstić information content (AvgIpc) is 3.30. The van der Waals surface area contributed by atoms with Gasteiger partial charge < -0.3 is 18.6 Å². The number of oxazole rings is 1. The second kappa shape index (κ2) is 9.45. The van der Waals surface area contributed by atoms with Crippen LogP contribution in [0.4, 0.5) is 5.69 Å². The number of rotatable bonds is 8. The Morgan fingerprint density at radius 3 is 2.18 bits per heavy atom. The van der Waals surface area contributed by atoms with E-state index in [-0.39, 0.29) is 22.7 Å². The summed E-state index contributed by atoms with van der Waals surface area (Å²) in [4.78, 5) is 28.7. The van der Waals surface area contributed by atoms with Crippen molar-refractivity contribution in [3.05, 3.63) is 87.8 Å². The Morgan fingerprint density at radius 2 is 1.62 bits per heavy atom. The average molecular weight is 460 g/mol. The highest BCUT2D eigenvalue weighted by Crippen LogP contribution is 2.39. The van der Waals surface area contributed by atoms with Gasteiger partial charge in [0.25, 0.3) is 5.69 Å². The number of allylic oxidation sites excluding steroid dienone is 1. The Balaban J connectivity index is 1.87. The van der Waals surface area contributed by atoms with E-state index in [1.165, 1.54) is 45.6 Å². The maximum atomic E-state index is 13.7. The van der Waals surface area contributed by atoms with Crippen LogP contribution in [0.3, 0.4) is 0 Å². The number of carbonyl (C=O) groups excluding carboxylic acids is 1. The Kier molecular flexibility index (Phi) is 6.26. The third kappa shape index (κ3) is 4.31. The molecule has 0 aliphatic rings. The summed E-state index contributed by atoms with van der Waals surface area (Å²) < 4.78 is 22.0. The van der Waals surface area contributed by atoms with Gasteiger partial charge in [-0.3, -0.25) is 14.9 Å². The number of hydrogen-bond acceptors (Lipinski definition) is 8. The van der Waals surface area contributed by atoms with Crippen LogP contribution in [0, 0.1) is 10.1 Å². The summed E-state index contributed by atoms with van der Waals surface area (Å²) in [7, 11) is 4.39. The minimum Gasteiger partial charge on any atom is -0.493 e. The van der Waals surface area contributed by atoms with E-state index in [0.717, 1.165) is 0 Å². The quantitative estimate of drug-likeness (QED) is 0.153. The lowest BCUT2D eigenvalue weighted by atomic mass is 9.99. The van der Waals surface area contributed by atoms with Crippen LogP contribution in [0.1, 0.15) is 21.8 Å². The zero-order valence-electron chi connectivity index (χ0n) is 18.6. The molecule has 9 nitrogen and oxygen atoms in total. The molecule has 0 aliphatic carbocycles. The number of hydrogen-bond donors (Lipinski definition) is 0. The molecule has 4 rings (SSSR count). The molecule has 9 heteroatoms. The van der Waals surface area contributed by atoms with E-state index in [9.17, 15) is 14.9 Å². The zero-order valence-corrected chi connectivity index (χ0v) is 18.6. The van der Waals surface area contributed by atoms with Gasteiger partial charge in [0.1, 0.15) is 5.52 Å². The molecule has 34 heavy (non-hydrogen) atoms. The minimum absolute atomic E-state index is 0.0588. The van der Waals surface area contributed by atoms with Gasteiger partial charge in [-0.1, -0.05) is 12.1 Å². The number of ether oxygens (including phenoxy) is 3. The predicted molar refractivity (Wildman–Crippen MR) is 125 cm³/mol. The van der Waals surface area contributed by atoms with Gasteiger partial charge in [0.05, 0.1) is 31.8 Å². The van der Waals surface area contributed by atoms with Crippen molar-refractivity contribution in [3.8, 4) is 17.2 Å². The molecule has 0 saturated carbocycles. The van der Waals surface area contributed by atoms with Crippen molar-refractivity contribution in [1.29, 1.82) is 0 Å². The fraction of sp³-hybridized carbons (Fsp3) is 0.120. The van der Waals surface area contributed by atoms with E-state index < -0.39 is 10.7 Å². The Morgan fingerprint density at radius 1 is 0.971 bits per heavy atom. The van der Waals surface area contributed by atoms with Crippen molar-refractivity contribution in [2.24, 2.45) is 0 Å². The van der Waals surface area contributed by atoms with Crippen molar-refractivity contribution in [1.82, 2.24) is 4.98 Å². The summed E-state index contributed by atoms with van der Waals surface area (Å²) in [6, 6.07) is 16.0. The van der Waals surface area contributed by atoms with Gasteiger partial charge in [0, 0.05) is 17.7 Å². The third-order valence-electron chi connectivity index (χ3n) is 5.11. The summed E-state index contributed by atoms with van der Waals surface area (Å²) in [5, 5.41) is 11.0. The molecule has 1 heterocycles. The van der Waals surface area contributed by atoms with Gasteiger partial charge in [-0.05, 0) is 48.0 Å². The molecule has 0 N–H and O–H groups in total. The summed E-state index contributed by atoms with van der Waals surface area (Å²) in [5.41, 5.74) is 2.01. The van der Waals surface area contributed by atoms with Crippen LogP contribution in [-0.4, -0.2) is 37.0 Å². The van der Waals surface area contributed by atoms with Crippen LogP contribution in [0.2, 0.25) is 0 Å². The van der Waals surface area contributed by atoms with Crippen LogP contribution in [0.25, 0.3) is 22.7 Å².